The summed E-state index contributed by atoms with van der Waals surface area (Å²) in [6.45, 7) is 3.76. The van der Waals surface area contributed by atoms with E-state index in [1.165, 1.54) is 6.26 Å². The molecule has 8 nitrogen and oxygen atoms in total. The number of nitrogens with zero attached hydrogens (tertiary/aromatic N) is 1. The van der Waals surface area contributed by atoms with E-state index < -0.39 is 24.0 Å². The van der Waals surface area contributed by atoms with Crippen LogP contribution in [0.3, 0.4) is 0 Å². The first-order valence-electron chi connectivity index (χ1n) is 10.3. The molecule has 32 heavy (non-hydrogen) atoms. The number of phenolic OH excluding ortho intramolecular Hbond substituents is 1. The molecule has 1 aromatic heterocycles. The summed E-state index contributed by atoms with van der Waals surface area (Å²) in [5, 5.41) is 12.0. The third kappa shape index (κ3) is 6.18. The van der Waals surface area contributed by atoms with E-state index in [-0.39, 0.29) is 29.9 Å². The van der Waals surface area contributed by atoms with Gasteiger partial charge in [-0.15, -0.1) is 0 Å². The molecule has 4 N–H and O–H groups in total. The molecule has 0 fully saturated rings. The predicted molar refractivity (Wildman–Crippen MR) is 118 cm³/mol. The zero-order valence-electron chi connectivity index (χ0n) is 18.0. The first-order valence-corrected chi connectivity index (χ1v) is 10.3. The van der Waals surface area contributed by atoms with Gasteiger partial charge in [0.2, 0.25) is 5.89 Å². The van der Waals surface area contributed by atoms with Gasteiger partial charge in [0.25, 0.3) is 5.91 Å². The van der Waals surface area contributed by atoms with Crippen LogP contribution in [0.1, 0.15) is 47.4 Å². The maximum absolute atomic E-state index is 12.7. The molecule has 2 aromatic carbocycles. The highest BCUT2D eigenvalue weighted by Crippen LogP contribution is 2.18. The van der Waals surface area contributed by atoms with Crippen LogP contribution in [-0.2, 0) is 22.6 Å². The molecule has 0 spiro atoms. The number of rotatable bonds is 9. The van der Waals surface area contributed by atoms with E-state index in [9.17, 15) is 14.7 Å². The van der Waals surface area contributed by atoms with Gasteiger partial charge in [0.05, 0.1) is 6.04 Å². The average molecular weight is 437 g/mol. The Morgan fingerprint density at radius 2 is 1.78 bits per heavy atom. The van der Waals surface area contributed by atoms with E-state index in [1.807, 2.05) is 44.2 Å². The number of hydrogen-bond donors (Lipinski definition) is 3. The average Bonchev–Trinajstić information content (AvgIpc) is 3.28. The Labute approximate surface area is 186 Å². The lowest BCUT2D eigenvalue weighted by molar-refractivity contribution is -0.148. The Bertz CT molecular complexity index is 1030. The minimum absolute atomic E-state index is 0.0302. The van der Waals surface area contributed by atoms with Crippen LogP contribution in [-0.4, -0.2) is 28.0 Å². The first kappa shape index (κ1) is 23.0. The zero-order valence-corrected chi connectivity index (χ0v) is 18.0. The lowest BCUT2D eigenvalue weighted by Gasteiger charge is -2.20. The van der Waals surface area contributed by atoms with Crippen molar-refractivity contribution in [2.24, 2.45) is 11.7 Å². The molecule has 2 unspecified atom stereocenters. The van der Waals surface area contributed by atoms with Gasteiger partial charge in [-0.05, 0) is 35.6 Å². The molecule has 8 heteroatoms. The molecule has 168 valence electrons. The summed E-state index contributed by atoms with van der Waals surface area (Å²) in [7, 11) is 0. The van der Waals surface area contributed by atoms with Crippen LogP contribution in [0, 0.1) is 5.92 Å². The molecule has 0 aliphatic carbocycles. The van der Waals surface area contributed by atoms with Gasteiger partial charge in [0.15, 0.2) is 5.69 Å². The molecule has 0 saturated heterocycles. The van der Waals surface area contributed by atoms with Crippen LogP contribution >= 0.6 is 0 Å². The molecular formula is C24H27N3O5. The molecule has 0 aliphatic heterocycles. The Hall–Kier alpha value is -3.65. The zero-order chi connectivity index (χ0) is 23.1. The maximum atomic E-state index is 12.7. The van der Waals surface area contributed by atoms with E-state index in [0.29, 0.717) is 6.42 Å². The number of benzene rings is 2. The van der Waals surface area contributed by atoms with Crippen LogP contribution in [0.25, 0.3) is 0 Å². The van der Waals surface area contributed by atoms with Crippen molar-refractivity contribution in [3.63, 3.8) is 0 Å². The molecule has 3 rings (SSSR count). The smallest absolute Gasteiger partial charge is 0.329 e. The van der Waals surface area contributed by atoms with E-state index in [2.05, 4.69) is 10.3 Å². The molecule has 1 heterocycles. The highest BCUT2D eigenvalue weighted by Gasteiger charge is 2.28. The molecule has 2 atom stereocenters. The van der Waals surface area contributed by atoms with Gasteiger partial charge in [-0.2, -0.15) is 0 Å². The van der Waals surface area contributed by atoms with E-state index in [0.717, 1.165) is 11.1 Å². The second-order valence-electron chi connectivity index (χ2n) is 7.84. The highest BCUT2D eigenvalue weighted by atomic mass is 16.5. The lowest BCUT2D eigenvalue weighted by atomic mass is 10.0. The number of aromatic nitrogens is 1. The predicted octanol–water partition coefficient (Wildman–Crippen LogP) is 3.12. The van der Waals surface area contributed by atoms with Crippen molar-refractivity contribution in [1.82, 2.24) is 10.3 Å². The standard InChI is InChI=1S/C24H27N3O5/c1-15(2)21(24(30)32-13-17-6-4-3-5-7-17)27-22(29)20-14-31-23(26-20)19(25)12-16-8-10-18(28)11-9-16/h3-11,14-15,19,21,28H,12-13,25H2,1-2H3,(H,27,29). The van der Waals surface area contributed by atoms with Crippen molar-refractivity contribution < 1.29 is 23.8 Å². The second kappa shape index (κ2) is 10.6. The number of aromatic hydroxyl groups is 1. The topological polar surface area (TPSA) is 128 Å². The fraction of sp³-hybridized carbons (Fsp3) is 0.292. The van der Waals surface area contributed by atoms with Gasteiger partial charge < -0.3 is 25.3 Å². The minimum Gasteiger partial charge on any atom is -0.508 e. The number of carbonyl (C=O) groups excluding carboxylic acids is 2. The number of hydrogen-bond acceptors (Lipinski definition) is 7. The normalized spacial score (nSPS) is 12.9. The molecule has 0 radical (unpaired) electrons. The van der Waals surface area contributed by atoms with E-state index in [4.69, 9.17) is 14.9 Å². The number of nitrogens with one attached hydrogen (secondary N) is 1. The molecular weight excluding hydrogens is 410 g/mol. The quantitative estimate of drug-likeness (QED) is 0.439. The van der Waals surface area contributed by atoms with Gasteiger partial charge >= 0.3 is 5.97 Å². The van der Waals surface area contributed by atoms with Gasteiger partial charge in [-0.25, -0.2) is 9.78 Å². The van der Waals surface area contributed by atoms with Crippen molar-refractivity contribution in [2.75, 3.05) is 0 Å². The number of esters is 1. The fourth-order valence-corrected chi connectivity index (χ4v) is 3.07. The van der Waals surface area contributed by atoms with Gasteiger partial charge in [0.1, 0.15) is 24.7 Å². The molecule has 1 amide bonds. The highest BCUT2D eigenvalue weighted by molar-refractivity contribution is 5.95. The van der Waals surface area contributed by atoms with Crippen LogP contribution in [0.5, 0.6) is 5.75 Å². The maximum Gasteiger partial charge on any atom is 0.329 e. The van der Waals surface area contributed by atoms with Gasteiger partial charge in [-0.1, -0.05) is 56.3 Å². The number of carbonyl (C=O) groups is 2. The summed E-state index contributed by atoms with van der Waals surface area (Å²) in [5.41, 5.74) is 7.93. The number of amides is 1. The van der Waals surface area contributed by atoms with Crippen LogP contribution < -0.4 is 11.1 Å². The monoisotopic (exact) mass is 437 g/mol. The Balaban J connectivity index is 1.59. The fourth-order valence-electron chi connectivity index (χ4n) is 3.07. The van der Waals surface area contributed by atoms with Crippen molar-refractivity contribution in [1.29, 1.82) is 0 Å². The lowest BCUT2D eigenvalue weighted by Crippen LogP contribution is -2.45. The summed E-state index contributed by atoms with van der Waals surface area (Å²) in [6, 6.07) is 14.5. The second-order valence-corrected chi connectivity index (χ2v) is 7.84. The van der Waals surface area contributed by atoms with Crippen LogP contribution in [0.15, 0.2) is 65.3 Å². The molecule has 3 aromatic rings. The molecule has 0 bridgehead atoms. The van der Waals surface area contributed by atoms with Crippen LogP contribution in [0.4, 0.5) is 0 Å². The largest absolute Gasteiger partial charge is 0.508 e. The van der Waals surface area contributed by atoms with Crippen molar-refractivity contribution in [2.45, 2.75) is 39.0 Å². The minimum atomic E-state index is -0.836. The van der Waals surface area contributed by atoms with Crippen molar-refractivity contribution in [3.8, 4) is 5.75 Å². The van der Waals surface area contributed by atoms with Gasteiger partial charge in [0, 0.05) is 0 Å². The first-order chi connectivity index (χ1) is 15.3. The van der Waals surface area contributed by atoms with Crippen molar-refractivity contribution >= 4 is 11.9 Å². The van der Waals surface area contributed by atoms with Gasteiger partial charge in [-0.3, -0.25) is 4.79 Å². The summed E-state index contributed by atoms with van der Waals surface area (Å²) in [5.74, 6) is -0.891. The summed E-state index contributed by atoms with van der Waals surface area (Å²) in [4.78, 5) is 29.4. The number of phenols is 1. The van der Waals surface area contributed by atoms with E-state index >= 15 is 0 Å². The van der Waals surface area contributed by atoms with E-state index in [1.54, 1.807) is 24.3 Å². The summed E-state index contributed by atoms with van der Waals surface area (Å²) < 4.78 is 10.8. The van der Waals surface area contributed by atoms with Crippen LogP contribution in [0.2, 0.25) is 0 Å². The summed E-state index contributed by atoms with van der Waals surface area (Å²) >= 11 is 0. The number of oxazole rings is 1. The molecule has 0 saturated carbocycles. The number of nitrogens with two attached hydrogens (primary N) is 1. The Morgan fingerprint density at radius 1 is 1.09 bits per heavy atom. The third-order valence-electron chi connectivity index (χ3n) is 4.89. The molecule has 0 aliphatic rings. The Morgan fingerprint density at radius 3 is 2.44 bits per heavy atom. The number of ether oxygens (including phenoxy) is 1. The SMILES string of the molecule is CC(C)C(NC(=O)c1coc(C(N)Cc2ccc(O)cc2)n1)C(=O)OCc1ccccc1. The summed E-state index contributed by atoms with van der Waals surface area (Å²) in [6.07, 6.45) is 1.64. The van der Waals surface area contributed by atoms with Crippen molar-refractivity contribution in [3.05, 3.63) is 83.6 Å². The Kier molecular flexibility index (Phi) is 7.62. The third-order valence-corrected chi connectivity index (χ3v) is 4.89.